The van der Waals surface area contributed by atoms with Crippen LogP contribution in [0.1, 0.15) is 19.8 Å². The Morgan fingerprint density at radius 2 is 2.07 bits per heavy atom. The standard InChI is InChI=1S/C10H19N3O/c1-8(14)12-5-3-10(7-12)13-4-2-9(11)6-13/h9-10H,2-7,11H2,1H3/t9-,10?/m1/s1. The highest BCUT2D eigenvalue weighted by Crippen LogP contribution is 2.19. The molecule has 4 nitrogen and oxygen atoms in total. The number of hydrogen-bond acceptors (Lipinski definition) is 3. The molecule has 2 rings (SSSR count). The van der Waals surface area contributed by atoms with E-state index in [0.717, 1.165) is 39.0 Å². The van der Waals surface area contributed by atoms with Gasteiger partial charge in [-0.1, -0.05) is 0 Å². The molecule has 0 saturated carbocycles. The Labute approximate surface area is 85.0 Å². The normalized spacial score (nSPS) is 34.0. The first-order chi connectivity index (χ1) is 6.66. The van der Waals surface area contributed by atoms with Crippen molar-refractivity contribution in [2.24, 2.45) is 5.73 Å². The number of amides is 1. The molecule has 0 radical (unpaired) electrons. The molecule has 0 aromatic carbocycles. The van der Waals surface area contributed by atoms with Crippen molar-refractivity contribution < 1.29 is 4.79 Å². The Balaban J connectivity index is 1.86. The van der Waals surface area contributed by atoms with Gasteiger partial charge in [0.15, 0.2) is 0 Å². The molecule has 2 atom stereocenters. The fourth-order valence-corrected chi connectivity index (χ4v) is 2.47. The minimum atomic E-state index is 0.205. The molecule has 2 saturated heterocycles. The van der Waals surface area contributed by atoms with Crippen LogP contribution >= 0.6 is 0 Å². The van der Waals surface area contributed by atoms with Crippen LogP contribution in [0.5, 0.6) is 0 Å². The molecule has 2 aliphatic rings. The van der Waals surface area contributed by atoms with Crippen LogP contribution in [0.4, 0.5) is 0 Å². The van der Waals surface area contributed by atoms with Crippen molar-refractivity contribution in [1.29, 1.82) is 0 Å². The fourth-order valence-electron chi connectivity index (χ4n) is 2.47. The summed E-state index contributed by atoms with van der Waals surface area (Å²) in [6.07, 6.45) is 2.23. The van der Waals surface area contributed by atoms with Crippen molar-refractivity contribution in [3.63, 3.8) is 0 Å². The highest BCUT2D eigenvalue weighted by molar-refractivity contribution is 5.73. The summed E-state index contributed by atoms with van der Waals surface area (Å²) in [6, 6.07) is 0.911. The average Bonchev–Trinajstić information content (AvgIpc) is 2.70. The second-order valence-corrected chi connectivity index (χ2v) is 4.45. The molecule has 4 heteroatoms. The number of carbonyl (C=O) groups excluding carboxylic acids is 1. The van der Waals surface area contributed by atoms with E-state index in [-0.39, 0.29) is 5.91 Å². The van der Waals surface area contributed by atoms with Crippen LogP contribution in [0, 0.1) is 0 Å². The van der Waals surface area contributed by atoms with E-state index in [0.29, 0.717) is 12.1 Å². The number of hydrogen-bond donors (Lipinski definition) is 1. The summed E-state index contributed by atoms with van der Waals surface area (Å²) in [7, 11) is 0. The molecule has 0 bridgehead atoms. The third-order valence-corrected chi connectivity index (χ3v) is 3.38. The molecule has 0 aromatic heterocycles. The number of rotatable bonds is 1. The fraction of sp³-hybridized carbons (Fsp3) is 0.900. The second-order valence-electron chi connectivity index (χ2n) is 4.45. The lowest BCUT2D eigenvalue weighted by molar-refractivity contribution is -0.127. The Morgan fingerprint density at radius 3 is 2.57 bits per heavy atom. The summed E-state index contributed by atoms with van der Waals surface area (Å²) in [5.41, 5.74) is 5.86. The molecule has 2 fully saturated rings. The minimum absolute atomic E-state index is 0.205. The number of carbonyl (C=O) groups is 1. The summed E-state index contributed by atoms with van der Waals surface area (Å²) in [6.45, 7) is 5.60. The highest BCUT2D eigenvalue weighted by Gasteiger charge is 2.32. The SMILES string of the molecule is CC(=O)N1CCC(N2CC[C@@H](N)C2)C1. The largest absolute Gasteiger partial charge is 0.341 e. The predicted molar refractivity (Wildman–Crippen MR) is 54.8 cm³/mol. The summed E-state index contributed by atoms with van der Waals surface area (Å²) in [4.78, 5) is 15.5. The topological polar surface area (TPSA) is 49.6 Å². The Morgan fingerprint density at radius 1 is 1.29 bits per heavy atom. The zero-order valence-corrected chi connectivity index (χ0v) is 8.78. The van der Waals surface area contributed by atoms with Gasteiger partial charge in [-0.25, -0.2) is 0 Å². The predicted octanol–water partition coefficient (Wildman–Crippen LogP) is -0.360. The van der Waals surface area contributed by atoms with Crippen LogP contribution in [-0.4, -0.2) is 54.0 Å². The van der Waals surface area contributed by atoms with Crippen molar-refractivity contribution in [2.75, 3.05) is 26.2 Å². The molecule has 0 spiro atoms. The van der Waals surface area contributed by atoms with Gasteiger partial charge < -0.3 is 10.6 Å². The number of likely N-dealkylation sites (tertiary alicyclic amines) is 2. The van der Waals surface area contributed by atoms with Gasteiger partial charge in [-0.15, -0.1) is 0 Å². The van der Waals surface area contributed by atoms with Gasteiger partial charge in [0, 0.05) is 45.2 Å². The lowest BCUT2D eigenvalue weighted by Gasteiger charge is -2.23. The molecule has 0 aliphatic carbocycles. The monoisotopic (exact) mass is 197 g/mol. The van der Waals surface area contributed by atoms with Crippen LogP contribution in [0.15, 0.2) is 0 Å². The van der Waals surface area contributed by atoms with E-state index in [1.165, 1.54) is 0 Å². The van der Waals surface area contributed by atoms with E-state index in [2.05, 4.69) is 4.90 Å². The van der Waals surface area contributed by atoms with E-state index in [1.54, 1.807) is 6.92 Å². The number of nitrogens with zero attached hydrogens (tertiary/aromatic N) is 2. The third kappa shape index (κ3) is 1.91. The van der Waals surface area contributed by atoms with Crippen molar-refractivity contribution >= 4 is 5.91 Å². The van der Waals surface area contributed by atoms with E-state index in [4.69, 9.17) is 5.73 Å². The molecule has 2 aliphatic heterocycles. The van der Waals surface area contributed by atoms with Gasteiger partial charge in [0.05, 0.1) is 0 Å². The van der Waals surface area contributed by atoms with Gasteiger partial charge in [0.2, 0.25) is 5.91 Å². The molecule has 0 aromatic rings. The van der Waals surface area contributed by atoms with Crippen LogP contribution in [0.25, 0.3) is 0 Å². The van der Waals surface area contributed by atoms with Gasteiger partial charge in [0.1, 0.15) is 0 Å². The molecule has 80 valence electrons. The first-order valence-corrected chi connectivity index (χ1v) is 5.42. The van der Waals surface area contributed by atoms with Crippen molar-refractivity contribution in [3.8, 4) is 0 Å². The first kappa shape index (κ1) is 9.93. The summed E-state index contributed by atoms with van der Waals surface area (Å²) >= 11 is 0. The van der Waals surface area contributed by atoms with Crippen LogP contribution in [0.2, 0.25) is 0 Å². The average molecular weight is 197 g/mol. The van der Waals surface area contributed by atoms with Crippen molar-refractivity contribution in [2.45, 2.75) is 31.8 Å². The van der Waals surface area contributed by atoms with Crippen molar-refractivity contribution in [3.05, 3.63) is 0 Å². The highest BCUT2D eigenvalue weighted by atomic mass is 16.2. The van der Waals surface area contributed by atoms with E-state index < -0.39 is 0 Å². The zero-order chi connectivity index (χ0) is 10.1. The Kier molecular flexibility index (Phi) is 2.74. The number of nitrogens with two attached hydrogens (primary N) is 1. The summed E-state index contributed by atoms with van der Waals surface area (Å²) in [5.74, 6) is 0.205. The van der Waals surface area contributed by atoms with Crippen molar-refractivity contribution in [1.82, 2.24) is 9.80 Å². The molecular weight excluding hydrogens is 178 g/mol. The lowest BCUT2D eigenvalue weighted by atomic mass is 10.2. The lowest BCUT2D eigenvalue weighted by Crippen LogP contribution is -2.38. The maximum absolute atomic E-state index is 11.2. The van der Waals surface area contributed by atoms with E-state index >= 15 is 0 Å². The Hall–Kier alpha value is -0.610. The molecule has 2 N–H and O–H groups in total. The first-order valence-electron chi connectivity index (χ1n) is 5.42. The van der Waals surface area contributed by atoms with E-state index in [1.807, 2.05) is 4.90 Å². The maximum atomic E-state index is 11.2. The van der Waals surface area contributed by atoms with Gasteiger partial charge >= 0.3 is 0 Å². The third-order valence-electron chi connectivity index (χ3n) is 3.38. The summed E-state index contributed by atoms with van der Waals surface area (Å²) < 4.78 is 0. The van der Waals surface area contributed by atoms with Gasteiger partial charge in [0.25, 0.3) is 0 Å². The van der Waals surface area contributed by atoms with Gasteiger partial charge in [-0.2, -0.15) is 0 Å². The molecular formula is C10H19N3O. The van der Waals surface area contributed by atoms with E-state index in [9.17, 15) is 4.79 Å². The second kappa shape index (κ2) is 3.87. The molecule has 14 heavy (non-hydrogen) atoms. The molecule has 1 amide bonds. The van der Waals surface area contributed by atoms with Crippen LogP contribution in [0.3, 0.4) is 0 Å². The molecule has 1 unspecified atom stereocenters. The minimum Gasteiger partial charge on any atom is -0.341 e. The quantitative estimate of drug-likeness (QED) is 0.624. The van der Waals surface area contributed by atoms with Crippen LogP contribution in [-0.2, 0) is 4.79 Å². The van der Waals surface area contributed by atoms with Gasteiger partial charge in [-0.05, 0) is 12.8 Å². The maximum Gasteiger partial charge on any atom is 0.219 e. The van der Waals surface area contributed by atoms with Crippen LogP contribution < -0.4 is 5.73 Å². The zero-order valence-electron chi connectivity index (χ0n) is 8.78. The smallest absolute Gasteiger partial charge is 0.219 e. The summed E-state index contributed by atoms with van der Waals surface area (Å²) in [5, 5.41) is 0. The molecule has 2 heterocycles. The Bertz CT molecular complexity index is 231. The van der Waals surface area contributed by atoms with Gasteiger partial charge in [-0.3, -0.25) is 9.69 Å².